The van der Waals surface area contributed by atoms with E-state index >= 15 is 0 Å². The molecule has 0 bridgehead atoms. The van der Waals surface area contributed by atoms with Gasteiger partial charge in [-0.1, -0.05) is 33.3 Å². The average Bonchev–Trinajstić information content (AvgIpc) is 2.12. The van der Waals surface area contributed by atoms with Crippen LogP contribution in [0.3, 0.4) is 0 Å². The number of rotatable bonds is 5. The van der Waals surface area contributed by atoms with Gasteiger partial charge in [-0.2, -0.15) is 0 Å². The second-order valence-corrected chi connectivity index (χ2v) is 4.65. The number of hydrogen-bond donors (Lipinski definition) is 2. The van der Waals surface area contributed by atoms with Gasteiger partial charge in [-0.05, 0) is 18.8 Å². The van der Waals surface area contributed by atoms with E-state index in [1.807, 2.05) is 0 Å². The van der Waals surface area contributed by atoms with E-state index in [0.717, 1.165) is 5.57 Å². The third-order valence-corrected chi connectivity index (χ3v) is 2.39. The van der Waals surface area contributed by atoms with E-state index in [1.165, 1.54) is 0 Å². The Balaban J connectivity index is 4.75. The van der Waals surface area contributed by atoms with Crippen LogP contribution < -0.4 is 11.5 Å². The lowest BCUT2D eigenvalue weighted by molar-refractivity contribution is -0.139. The maximum absolute atomic E-state index is 11.7. The highest BCUT2D eigenvalue weighted by atomic mass is 16.5. The van der Waals surface area contributed by atoms with Crippen molar-refractivity contribution in [3.63, 3.8) is 0 Å². The molecule has 4 nitrogen and oxygen atoms in total. The molecule has 0 aliphatic carbocycles. The molecular weight excluding hydrogens is 204 g/mol. The van der Waals surface area contributed by atoms with Gasteiger partial charge in [0.05, 0.1) is 6.17 Å². The van der Waals surface area contributed by atoms with Gasteiger partial charge in [-0.15, -0.1) is 0 Å². The van der Waals surface area contributed by atoms with Crippen molar-refractivity contribution < 1.29 is 9.53 Å². The van der Waals surface area contributed by atoms with Crippen molar-refractivity contribution in [1.82, 2.24) is 0 Å². The summed E-state index contributed by atoms with van der Waals surface area (Å²) in [5.74, 6) is 0.344. The summed E-state index contributed by atoms with van der Waals surface area (Å²) in [4.78, 5) is 11.7. The van der Waals surface area contributed by atoms with E-state index < -0.39 is 6.17 Å². The predicted octanol–water partition coefficient (Wildman–Crippen LogP) is 1.40. The van der Waals surface area contributed by atoms with E-state index in [9.17, 15) is 4.79 Å². The molecule has 4 N–H and O–H groups in total. The SMILES string of the molecule is CC(C(=O)OCC(N)N)=C(C(C)C)C(C)C. The van der Waals surface area contributed by atoms with Gasteiger partial charge in [-0.3, -0.25) is 0 Å². The summed E-state index contributed by atoms with van der Waals surface area (Å²) in [6.45, 7) is 10.1. The minimum absolute atomic E-state index is 0.0552. The van der Waals surface area contributed by atoms with Crippen molar-refractivity contribution in [3.8, 4) is 0 Å². The fourth-order valence-corrected chi connectivity index (χ4v) is 1.93. The summed E-state index contributed by atoms with van der Waals surface area (Å²) in [6.07, 6.45) is -0.613. The predicted molar refractivity (Wildman–Crippen MR) is 65.5 cm³/mol. The molecule has 0 radical (unpaired) electrons. The molecule has 16 heavy (non-hydrogen) atoms. The number of allylic oxidation sites excluding steroid dienone is 1. The zero-order valence-electron chi connectivity index (χ0n) is 10.9. The second kappa shape index (κ2) is 6.66. The summed E-state index contributed by atoms with van der Waals surface area (Å²) in [5, 5.41) is 0. The molecule has 0 aromatic carbocycles. The summed E-state index contributed by atoms with van der Waals surface area (Å²) >= 11 is 0. The highest BCUT2D eigenvalue weighted by Gasteiger charge is 2.17. The van der Waals surface area contributed by atoms with Crippen LogP contribution in [0.2, 0.25) is 0 Å². The van der Waals surface area contributed by atoms with Crippen molar-refractivity contribution in [1.29, 1.82) is 0 Å². The van der Waals surface area contributed by atoms with E-state index in [4.69, 9.17) is 16.2 Å². The summed E-state index contributed by atoms with van der Waals surface area (Å²) < 4.78 is 5.00. The van der Waals surface area contributed by atoms with Crippen molar-refractivity contribution in [2.45, 2.75) is 40.8 Å². The molecule has 0 heterocycles. The first-order chi connectivity index (χ1) is 7.27. The number of carbonyl (C=O) groups excluding carboxylic acids is 1. The molecule has 0 aromatic rings. The first kappa shape index (κ1) is 15.1. The van der Waals surface area contributed by atoms with Gasteiger partial charge >= 0.3 is 5.97 Å². The van der Waals surface area contributed by atoms with Crippen molar-refractivity contribution >= 4 is 5.97 Å². The average molecular weight is 228 g/mol. The van der Waals surface area contributed by atoms with Crippen LogP contribution in [-0.2, 0) is 9.53 Å². The maximum atomic E-state index is 11.7. The smallest absolute Gasteiger partial charge is 0.333 e. The van der Waals surface area contributed by atoms with Gasteiger partial charge in [0.15, 0.2) is 0 Å². The molecule has 0 atom stereocenters. The molecule has 0 aliphatic rings. The van der Waals surface area contributed by atoms with E-state index in [0.29, 0.717) is 17.4 Å². The fourth-order valence-electron chi connectivity index (χ4n) is 1.93. The molecule has 0 rings (SSSR count). The topological polar surface area (TPSA) is 78.3 Å². The van der Waals surface area contributed by atoms with Gasteiger partial charge in [0.1, 0.15) is 6.61 Å². The molecule has 94 valence electrons. The third kappa shape index (κ3) is 4.77. The first-order valence-electron chi connectivity index (χ1n) is 5.66. The normalized spacial score (nSPS) is 11.1. The molecule has 0 spiro atoms. The van der Waals surface area contributed by atoms with Crippen LogP contribution in [0.15, 0.2) is 11.1 Å². The van der Waals surface area contributed by atoms with Gasteiger partial charge in [0, 0.05) is 5.57 Å². The van der Waals surface area contributed by atoms with Crippen molar-refractivity contribution in [2.24, 2.45) is 23.3 Å². The number of nitrogens with two attached hydrogens (primary N) is 2. The Morgan fingerprint density at radius 2 is 1.56 bits per heavy atom. The van der Waals surface area contributed by atoms with Crippen LogP contribution in [0.5, 0.6) is 0 Å². The van der Waals surface area contributed by atoms with Crippen LogP contribution in [-0.4, -0.2) is 18.7 Å². The lowest BCUT2D eigenvalue weighted by Gasteiger charge is -2.19. The highest BCUT2D eigenvalue weighted by Crippen LogP contribution is 2.23. The van der Waals surface area contributed by atoms with Crippen LogP contribution in [0, 0.1) is 11.8 Å². The van der Waals surface area contributed by atoms with E-state index in [-0.39, 0.29) is 12.6 Å². The fraction of sp³-hybridized carbons (Fsp3) is 0.750. The summed E-state index contributed by atoms with van der Waals surface area (Å²) in [6, 6.07) is 0. The number of hydrogen-bond acceptors (Lipinski definition) is 4. The molecule has 0 saturated carbocycles. The zero-order valence-corrected chi connectivity index (χ0v) is 10.9. The lowest BCUT2D eigenvalue weighted by Crippen LogP contribution is -2.36. The number of esters is 1. The Kier molecular flexibility index (Phi) is 6.29. The van der Waals surface area contributed by atoms with Crippen LogP contribution in [0.25, 0.3) is 0 Å². The largest absolute Gasteiger partial charge is 0.459 e. The third-order valence-electron chi connectivity index (χ3n) is 2.39. The van der Waals surface area contributed by atoms with Gasteiger partial charge < -0.3 is 16.2 Å². The lowest BCUT2D eigenvalue weighted by atomic mass is 9.88. The monoisotopic (exact) mass is 228 g/mol. The van der Waals surface area contributed by atoms with Gasteiger partial charge in [0.25, 0.3) is 0 Å². The molecule has 4 heteroatoms. The summed E-state index contributed by atoms with van der Waals surface area (Å²) in [5.41, 5.74) is 12.4. The van der Waals surface area contributed by atoms with Crippen molar-refractivity contribution in [2.75, 3.05) is 6.61 Å². The highest BCUT2D eigenvalue weighted by molar-refractivity contribution is 5.88. The number of ether oxygens (including phenoxy) is 1. The number of carbonyl (C=O) groups is 1. The Bertz CT molecular complexity index is 258. The molecule has 0 fully saturated rings. The molecule has 0 aliphatic heterocycles. The summed E-state index contributed by atoms with van der Waals surface area (Å²) in [7, 11) is 0. The Morgan fingerprint density at radius 1 is 1.12 bits per heavy atom. The van der Waals surface area contributed by atoms with Crippen LogP contribution >= 0.6 is 0 Å². The molecule has 0 saturated heterocycles. The van der Waals surface area contributed by atoms with E-state index in [1.54, 1.807) is 6.92 Å². The zero-order chi connectivity index (χ0) is 12.9. The molecule has 0 aromatic heterocycles. The maximum Gasteiger partial charge on any atom is 0.333 e. The molecule has 0 unspecified atom stereocenters. The van der Waals surface area contributed by atoms with E-state index in [2.05, 4.69) is 27.7 Å². The Labute approximate surface area is 98.0 Å². The second-order valence-electron chi connectivity index (χ2n) is 4.65. The standard InChI is InChI=1S/C12H24N2O2/c1-7(2)11(8(3)4)9(5)12(15)16-6-10(13)14/h7-8,10H,6,13-14H2,1-5H3. The van der Waals surface area contributed by atoms with Crippen molar-refractivity contribution in [3.05, 3.63) is 11.1 Å². The molecular formula is C12H24N2O2. The van der Waals surface area contributed by atoms with Gasteiger partial charge in [0.2, 0.25) is 0 Å². The minimum atomic E-state index is -0.613. The first-order valence-corrected chi connectivity index (χ1v) is 5.66. The quantitative estimate of drug-likeness (QED) is 0.423. The Morgan fingerprint density at radius 3 is 1.88 bits per heavy atom. The molecule has 0 amide bonds. The van der Waals surface area contributed by atoms with Crippen LogP contribution in [0.4, 0.5) is 0 Å². The minimum Gasteiger partial charge on any atom is -0.459 e. The van der Waals surface area contributed by atoms with Crippen LogP contribution in [0.1, 0.15) is 34.6 Å². The van der Waals surface area contributed by atoms with Gasteiger partial charge in [-0.25, -0.2) is 4.79 Å². The Hall–Kier alpha value is -0.870.